The van der Waals surface area contributed by atoms with Gasteiger partial charge in [-0.2, -0.15) is 4.31 Å². The van der Waals surface area contributed by atoms with Crippen molar-refractivity contribution in [2.45, 2.75) is 30.8 Å². The van der Waals surface area contributed by atoms with E-state index < -0.39 is 10.0 Å². The molecule has 4 aromatic rings. The third-order valence-corrected chi connectivity index (χ3v) is 7.38. The maximum atomic E-state index is 13.5. The molecule has 7 heteroatoms. The van der Waals surface area contributed by atoms with Crippen molar-refractivity contribution in [3.8, 4) is 0 Å². The predicted molar refractivity (Wildman–Crippen MR) is 128 cm³/mol. The van der Waals surface area contributed by atoms with Gasteiger partial charge in [0.05, 0.1) is 23.7 Å². The zero-order valence-corrected chi connectivity index (χ0v) is 19.2. The van der Waals surface area contributed by atoms with E-state index in [0.717, 1.165) is 16.3 Å². The van der Waals surface area contributed by atoms with Gasteiger partial charge in [0.15, 0.2) is 0 Å². The maximum absolute atomic E-state index is 13.5. The van der Waals surface area contributed by atoms with Crippen LogP contribution in [0.3, 0.4) is 0 Å². The average Bonchev–Trinajstić information content (AvgIpc) is 3.35. The molecule has 0 saturated heterocycles. The molecule has 3 aromatic carbocycles. The Hall–Kier alpha value is -3.42. The first-order chi connectivity index (χ1) is 15.9. The number of fused-ring (bicyclic) bond motifs is 1. The van der Waals surface area contributed by atoms with Crippen LogP contribution in [0.1, 0.15) is 30.7 Å². The van der Waals surface area contributed by atoms with Gasteiger partial charge in [0.25, 0.3) is 0 Å². The first kappa shape index (κ1) is 22.8. The molecular formula is C26H26N2O4S. The van der Waals surface area contributed by atoms with Crippen molar-refractivity contribution >= 4 is 26.7 Å². The molecule has 170 valence electrons. The van der Waals surface area contributed by atoms with Crippen LogP contribution in [-0.2, 0) is 21.4 Å². The molecule has 6 nitrogen and oxygen atoms in total. The highest BCUT2D eigenvalue weighted by Gasteiger charge is 2.26. The highest BCUT2D eigenvalue weighted by Crippen LogP contribution is 2.24. The summed E-state index contributed by atoms with van der Waals surface area (Å²) >= 11 is 0. The second-order valence-electron chi connectivity index (χ2n) is 7.88. The standard InChI is InChI=1S/C26H26N2O4S/c1-20(21-8-3-2-4-9-21)27-26(29)15-16-28(19-24-12-7-17-32-24)33(30,31)25-14-13-22-10-5-6-11-23(22)18-25/h2-14,17-18,20H,15-16,19H2,1H3,(H,27,29). The van der Waals surface area contributed by atoms with Gasteiger partial charge in [-0.25, -0.2) is 8.42 Å². The Balaban J connectivity index is 1.52. The Bertz CT molecular complexity index is 1320. The summed E-state index contributed by atoms with van der Waals surface area (Å²) in [4.78, 5) is 12.8. The van der Waals surface area contributed by atoms with E-state index in [0.29, 0.717) is 5.76 Å². The molecule has 1 aromatic heterocycles. The summed E-state index contributed by atoms with van der Waals surface area (Å²) in [5.41, 5.74) is 0.988. The van der Waals surface area contributed by atoms with E-state index >= 15 is 0 Å². The second kappa shape index (κ2) is 10.0. The lowest BCUT2D eigenvalue weighted by Gasteiger charge is -2.22. The van der Waals surface area contributed by atoms with Crippen LogP contribution in [0.5, 0.6) is 0 Å². The maximum Gasteiger partial charge on any atom is 0.243 e. The Labute approximate surface area is 193 Å². The fourth-order valence-electron chi connectivity index (χ4n) is 3.70. The van der Waals surface area contributed by atoms with Crippen molar-refractivity contribution in [1.82, 2.24) is 9.62 Å². The van der Waals surface area contributed by atoms with Crippen molar-refractivity contribution in [2.75, 3.05) is 6.54 Å². The summed E-state index contributed by atoms with van der Waals surface area (Å²) in [7, 11) is -3.85. The molecular weight excluding hydrogens is 436 g/mol. The average molecular weight is 463 g/mol. The molecule has 0 fully saturated rings. The molecule has 4 rings (SSSR count). The lowest BCUT2D eigenvalue weighted by Crippen LogP contribution is -2.35. The summed E-state index contributed by atoms with van der Waals surface area (Å²) in [6, 6.07) is 25.6. The molecule has 33 heavy (non-hydrogen) atoms. The van der Waals surface area contributed by atoms with Gasteiger partial charge in [0, 0.05) is 13.0 Å². The van der Waals surface area contributed by atoms with Crippen LogP contribution < -0.4 is 5.32 Å². The first-order valence-corrected chi connectivity index (χ1v) is 12.2. The van der Waals surface area contributed by atoms with E-state index in [-0.39, 0.29) is 36.4 Å². The number of sulfonamides is 1. The van der Waals surface area contributed by atoms with Crippen molar-refractivity contribution in [2.24, 2.45) is 0 Å². The highest BCUT2D eigenvalue weighted by molar-refractivity contribution is 7.89. The molecule has 0 spiro atoms. The monoisotopic (exact) mass is 462 g/mol. The van der Waals surface area contributed by atoms with Crippen LogP contribution in [0.2, 0.25) is 0 Å². The number of hydrogen-bond donors (Lipinski definition) is 1. The van der Waals surface area contributed by atoms with Gasteiger partial charge >= 0.3 is 0 Å². The molecule has 0 aliphatic carbocycles. The van der Waals surface area contributed by atoms with E-state index in [4.69, 9.17) is 4.42 Å². The Kier molecular flexibility index (Phi) is 6.91. The molecule has 1 heterocycles. The van der Waals surface area contributed by atoms with Gasteiger partial charge in [-0.05, 0) is 47.5 Å². The Morgan fingerprint density at radius 3 is 2.39 bits per heavy atom. The van der Waals surface area contributed by atoms with Gasteiger partial charge in [0.2, 0.25) is 15.9 Å². The fourth-order valence-corrected chi connectivity index (χ4v) is 5.15. The lowest BCUT2D eigenvalue weighted by atomic mass is 10.1. The number of nitrogens with zero attached hydrogens (tertiary/aromatic N) is 1. The van der Waals surface area contributed by atoms with Crippen molar-refractivity contribution in [1.29, 1.82) is 0 Å². The predicted octanol–water partition coefficient (Wildman–Crippen LogP) is 4.89. The lowest BCUT2D eigenvalue weighted by molar-refractivity contribution is -0.121. The van der Waals surface area contributed by atoms with E-state index in [9.17, 15) is 13.2 Å². The van der Waals surface area contributed by atoms with Crippen LogP contribution in [-0.4, -0.2) is 25.2 Å². The van der Waals surface area contributed by atoms with Crippen molar-refractivity contribution in [3.63, 3.8) is 0 Å². The summed E-state index contributed by atoms with van der Waals surface area (Å²) < 4.78 is 33.7. The quantitative estimate of drug-likeness (QED) is 0.384. The van der Waals surface area contributed by atoms with Gasteiger partial charge < -0.3 is 9.73 Å². The zero-order chi connectivity index (χ0) is 23.3. The van der Waals surface area contributed by atoms with Crippen molar-refractivity contribution < 1.29 is 17.6 Å². The smallest absolute Gasteiger partial charge is 0.243 e. The van der Waals surface area contributed by atoms with Crippen LogP contribution in [0.15, 0.2) is 101 Å². The number of amides is 1. The number of furan rings is 1. The van der Waals surface area contributed by atoms with E-state index in [2.05, 4.69) is 5.32 Å². The Morgan fingerprint density at radius 2 is 1.67 bits per heavy atom. The van der Waals surface area contributed by atoms with Gasteiger partial charge in [-0.1, -0.05) is 60.7 Å². The SMILES string of the molecule is CC(NC(=O)CCN(Cc1ccco1)S(=O)(=O)c1ccc2ccccc2c1)c1ccccc1. The molecule has 1 atom stereocenters. The number of benzene rings is 3. The summed E-state index contributed by atoms with van der Waals surface area (Å²) in [6.07, 6.45) is 1.54. The van der Waals surface area contributed by atoms with Gasteiger partial charge in [-0.15, -0.1) is 0 Å². The van der Waals surface area contributed by atoms with Gasteiger partial charge in [0.1, 0.15) is 5.76 Å². The molecule has 0 bridgehead atoms. The number of rotatable bonds is 9. The van der Waals surface area contributed by atoms with Crippen LogP contribution in [0.25, 0.3) is 10.8 Å². The second-order valence-corrected chi connectivity index (χ2v) is 9.81. The minimum atomic E-state index is -3.85. The number of hydrogen-bond acceptors (Lipinski definition) is 4. The third-order valence-electron chi connectivity index (χ3n) is 5.54. The Morgan fingerprint density at radius 1 is 0.939 bits per heavy atom. The fraction of sp³-hybridized carbons (Fsp3) is 0.192. The molecule has 0 radical (unpaired) electrons. The van der Waals surface area contributed by atoms with E-state index in [1.54, 1.807) is 30.3 Å². The topological polar surface area (TPSA) is 79.6 Å². The molecule has 1 N–H and O–H groups in total. The van der Waals surface area contributed by atoms with Crippen LogP contribution in [0.4, 0.5) is 0 Å². The van der Waals surface area contributed by atoms with Crippen molar-refractivity contribution in [3.05, 3.63) is 103 Å². The minimum Gasteiger partial charge on any atom is -0.468 e. The van der Waals surface area contributed by atoms with Gasteiger partial charge in [-0.3, -0.25) is 4.79 Å². The molecule has 0 aliphatic heterocycles. The zero-order valence-electron chi connectivity index (χ0n) is 18.3. The number of carbonyl (C=O) groups excluding carboxylic acids is 1. The number of nitrogens with one attached hydrogen (secondary N) is 1. The highest BCUT2D eigenvalue weighted by atomic mass is 32.2. The summed E-state index contributed by atoms with van der Waals surface area (Å²) in [5.74, 6) is 0.293. The van der Waals surface area contributed by atoms with E-state index in [1.807, 2.05) is 61.5 Å². The summed E-state index contributed by atoms with van der Waals surface area (Å²) in [6.45, 7) is 1.98. The normalized spacial score (nSPS) is 12.7. The summed E-state index contributed by atoms with van der Waals surface area (Å²) in [5, 5.41) is 4.74. The molecule has 1 unspecified atom stereocenters. The van der Waals surface area contributed by atoms with Crippen LogP contribution in [0, 0.1) is 0 Å². The largest absolute Gasteiger partial charge is 0.468 e. The van der Waals surface area contributed by atoms with Crippen LogP contribution >= 0.6 is 0 Å². The molecule has 0 saturated carbocycles. The third kappa shape index (κ3) is 5.50. The molecule has 0 aliphatic rings. The van der Waals surface area contributed by atoms with E-state index in [1.165, 1.54) is 10.6 Å². The number of carbonyl (C=O) groups is 1. The first-order valence-electron chi connectivity index (χ1n) is 10.8. The molecule has 1 amide bonds. The minimum absolute atomic E-state index is 0.0310.